The SMILES string of the molecule is Fc1c(F)c([C@@H]2CCCN2)c(F)c(F)c1Br. The topological polar surface area (TPSA) is 12.0 Å². The molecule has 88 valence electrons. The van der Waals surface area contributed by atoms with Crippen LogP contribution in [0.25, 0.3) is 0 Å². The number of nitrogens with one attached hydrogen (secondary N) is 1. The van der Waals surface area contributed by atoms with Gasteiger partial charge in [0.05, 0.1) is 4.47 Å². The van der Waals surface area contributed by atoms with Crippen LogP contribution in [0, 0.1) is 23.3 Å². The molecule has 1 atom stereocenters. The number of hydrogen-bond acceptors (Lipinski definition) is 1. The predicted octanol–water partition coefficient (Wildman–Crippen LogP) is 3.43. The number of halogens is 5. The average Bonchev–Trinajstić information content (AvgIpc) is 2.77. The molecule has 1 aromatic rings. The van der Waals surface area contributed by atoms with Gasteiger partial charge in [-0.1, -0.05) is 0 Å². The zero-order valence-corrected chi connectivity index (χ0v) is 9.67. The lowest BCUT2D eigenvalue weighted by molar-refractivity contribution is 0.414. The van der Waals surface area contributed by atoms with Gasteiger partial charge in [-0.15, -0.1) is 0 Å². The van der Waals surface area contributed by atoms with Crippen molar-refractivity contribution >= 4 is 15.9 Å². The molecular formula is C10H8BrF4N. The van der Waals surface area contributed by atoms with Gasteiger partial charge in [0.25, 0.3) is 0 Å². The van der Waals surface area contributed by atoms with Gasteiger partial charge in [-0.05, 0) is 35.3 Å². The first kappa shape index (κ1) is 11.9. The zero-order valence-electron chi connectivity index (χ0n) is 8.09. The van der Waals surface area contributed by atoms with Crippen LogP contribution in [0.2, 0.25) is 0 Å². The van der Waals surface area contributed by atoms with Gasteiger partial charge in [-0.2, -0.15) is 0 Å². The van der Waals surface area contributed by atoms with E-state index in [0.717, 1.165) is 6.42 Å². The third-order valence-electron chi connectivity index (χ3n) is 2.65. The van der Waals surface area contributed by atoms with Crippen LogP contribution in [0.5, 0.6) is 0 Å². The third kappa shape index (κ3) is 1.73. The molecular weight excluding hydrogens is 290 g/mol. The first-order valence-corrected chi connectivity index (χ1v) is 5.58. The Hall–Kier alpha value is -0.620. The molecule has 1 nitrogen and oxygen atoms in total. The maximum Gasteiger partial charge on any atom is 0.176 e. The first-order valence-electron chi connectivity index (χ1n) is 4.78. The van der Waals surface area contributed by atoms with Gasteiger partial charge in [-0.3, -0.25) is 0 Å². The molecule has 0 aromatic heterocycles. The molecule has 1 aromatic carbocycles. The van der Waals surface area contributed by atoms with Crippen molar-refractivity contribution in [1.29, 1.82) is 0 Å². The van der Waals surface area contributed by atoms with Crippen molar-refractivity contribution in [3.63, 3.8) is 0 Å². The molecule has 0 radical (unpaired) electrons. The van der Waals surface area contributed by atoms with Crippen LogP contribution in [0.3, 0.4) is 0 Å². The highest BCUT2D eigenvalue weighted by molar-refractivity contribution is 9.10. The second-order valence-corrected chi connectivity index (χ2v) is 4.43. The van der Waals surface area contributed by atoms with E-state index in [2.05, 4.69) is 21.2 Å². The minimum absolute atomic E-state index is 0.467. The van der Waals surface area contributed by atoms with Crippen LogP contribution in [0.1, 0.15) is 24.4 Å². The highest BCUT2D eigenvalue weighted by Gasteiger charge is 2.30. The summed E-state index contributed by atoms with van der Waals surface area (Å²) in [5.74, 6) is -5.43. The van der Waals surface area contributed by atoms with E-state index in [0.29, 0.717) is 13.0 Å². The van der Waals surface area contributed by atoms with Gasteiger partial charge in [-0.25, -0.2) is 17.6 Å². The Kier molecular flexibility index (Phi) is 3.21. The summed E-state index contributed by atoms with van der Waals surface area (Å²) in [6.45, 7) is 0.586. The Morgan fingerprint density at radius 3 is 2.00 bits per heavy atom. The molecule has 0 saturated carbocycles. The summed E-state index contributed by atoms with van der Waals surface area (Å²) in [7, 11) is 0. The van der Waals surface area contributed by atoms with Crippen LogP contribution >= 0.6 is 15.9 Å². The Labute approximate surface area is 98.0 Å². The molecule has 1 heterocycles. The molecule has 1 N–H and O–H groups in total. The lowest BCUT2D eigenvalue weighted by Crippen LogP contribution is -2.18. The lowest BCUT2D eigenvalue weighted by atomic mass is 10.0. The van der Waals surface area contributed by atoms with Gasteiger partial charge in [0.15, 0.2) is 23.3 Å². The van der Waals surface area contributed by atoms with Crippen LogP contribution < -0.4 is 5.32 Å². The Morgan fingerprint density at radius 2 is 1.56 bits per heavy atom. The summed E-state index contributed by atoms with van der Waals surface area (Å²) in [5, 5.41) is 2.80. The average molecular weight is 298 g/mol. The summed E-state index contributed by atoms with van der Waals surface area (Å²) in [5.41, 5.74) is -0.546. The van der Waals surface area contributed by atoms with Gasteiger partial charge in [0.2, 0.25) is 0 Å². The lowest BCUT2D eigenvalue weighted by Gasteiger charge is -2.14. The molecule has 1 saturated heterocycles. The third-order valence-corrected chi connectivity index (χ3v) is 3.35. The molecule has 0 unspecified atom stereocenters. The number of hydrogen-bond donors (Lipinski definition) is 1. The molecule has 6 heteroatoms. The van der Waals surface area contributed by atoms with Crippen LogP contribution in [-0.2, 0) is 0 Å². The summed E-state index contributed by atoms with van der Waals surface area (Å²) >= 11 is 2.47. The fourth-order valence-corrected chi connectivity index (χ4v) is 2.21. The van der Waals surface area contributed by atoms with Crippen LogP contribution in [0.15, 0.2) is 4.47 Å². The van der Waals surface area contributed by atoms with E-state index in [1.807, 2.05) is 0 Å². The van der Waals surface area contributed by atoms with E-state index in [9.17, 15) is 17.6 Å². The van der Waals surface area contributed by atoms with E-state index in [-0.39, 0.29) is 0 Å². The quantitative estimate of drug-likeness (QED) is 0.476. The van der Waals surface area contributed by atoms with E-state index >= 15 is 0 Å². The first-order chi connectivity index (χ1) is 7.54. The highest BCUT2D eigenvalue weighted by atomic mass is 79.9. The molecule has 0 amide bonds. The van der Waals surface area contributed by atoms with Crippen molar-refractivity contribution in [1.82, 2.24) is 5.32 Å². The second kappa shape index (κ2) is 4.33. The van der Waals surface area contributed by atoms with Gasteiger partial charge < -0.3 is 5.32 Å². The molecule has 0 aliphatic carbocycles. The predicted molar refractivity (Wildman–Crippen MR) is 54.0 cm³/mol. The normalized spacial score (nSPS) is 20.4. The molecule has 0 spiro atoms. The number of rotatable bonds is 1. The molecule has 16 heavy (non-hydrogen) atoms. The smallest absolute Gasteiger partial charge is 0.176 e. The van der Waals surface area contributed by atoms with Crippen molar-refractivity contribution in [2.45, 2.75) is 18.9 Å². The van der Waals surface area contributed by atoms with Crippen LogP contribution in [0.4, 0.5) is 17.6 Å². The van der Waals surface area contributed by atoms with Crippen LogP contribution in [-0.4, -0.2) is 6.54 Å². The van der Waals surface area contributed by atoms with Crippen molar-refractivity contribution in [3.8, 4) is 0 Å². The Morgan fingerprint density at radius 1 is 1.00 bits per heavy atom. The van der Waals surface area contributed by atoms with Crippen molar-refractivity contribution < 1.29 is 17.6 Å². The van der Waals surface area contributed by atoms with Crippen molar-refractivity contribution in [3.05, 3.63) is 33.3 Å². The Balaban J connectivity index is 2.59. The van der Waals surface area contributed by atoms with Gasteiger partial charge in [0.1, 0.15) is 0 Å². The standard InChI is InChI=1S/C10H8BrF4N/c11-6-9(14)7(12)5(8(13)10(6)15)4-2-1-3-16-4/h4,16H,1-3H2/t4-/m0/s1. The van der Waals surface area contributed by atoms with Gasteiger partial charge >= 0.3 is 0 Å². The zero-order chi connectivity index (χ0) is 11.9. The fraction of sp³-hybridized carbons (Fsp3) is 0.400. The number of benzene rings is 1. The second-order valence-electron chi connectivity index (χ2n) is 3.63. The maximum atomic E-state index is 13.5. The van der Waals surface area contributed by atoms with E-state index in [1.165, 1.54) is 0 Å². The van der Waals surface area contributed by atoms with E-state index in [4.69, 9.17) is 0 Å². The fourth-order valence-electron chi connectivity index (χ4n) is 1.86. The maximum absolute atomic E-state index is 13.5. The van der Waals surface area contributed by atoms with E-state index < -0.39 is 39.3 Å². The summed E-state index contributed by atoms with van der Waals surface area (Å²) in [4.78, 5) is 0. The molecule has 0 bridgehead atoms. The minimum Gasteiger partial charge on any atom is -0.310 e. The summed E-state index contributed by atoms with van der Waals surface area (Å²) in [6.07, 6.45) is 1.19. The Bertz CT molecular complexity index is 400. The van der Waals surface area contributed by atoms with Gasteiger partial charge in [0, 0.05) is 11.6 Å². The molecule has 1 fully saturated rings. The molecule has 2 rings (SSSR count). The summed E-state index contributed by atoms with van der Waals surface area (Å²) < 4.78 is 52.7. The monoisotopic (exact) mass is 297 g/mol. The molecule has 1 aliphatic rings. The molecule has 1 aliphatic heterocycles. The van der Waals surface area contributed by atoms with E-state index in [1.54, 1.807) is 0 Å². The summed E-state index contributed by atoms with van der Waals surface area (Å²) in [6, 6.07) is -0.655. The van der Waals surface area contributed by atoms with Crippen molar-refractivity contribution in [2.75, 3.05) is 6.54 Å². The highest BCUT2D eigenvalue weighted by Crippen LogP contribution is 2.34. The van der Waals surface area contributed by atoms with Crippen molar-refractivity contribution in [2.24, 2.45) is 0 Å². The largest absolute Gasteiger partial charge is 0.310 e. The minimum atomic E-state index is -1.39.